The molecule has 0 fully saturated rings. The van der Waals surface area contributed by atoms with Crippen LogP contribution < -0.4 is 14.2 Å². The number of benzene rings is 4. The molecule has 13 heteroatoms. The third-order valence-corrected chi connectivity index (χ3v) is 12.4. The summed E-state index contributed by atoms with van der Waals surface area (Å²) in [5, 5.41) is 6.33. The molecule has 0 saturated carbocycles. The normalized spacial score (nSPS) is 14.7. The Morgan fingerprint density at radius 3 is 2.40 bits per heavy atom. The molecule has 50 heavy (non-hydrogen) atoms. The third-order valence-electron chi connectivity index (χ3n) is 8.73. The van der Waals surface area contributed by atoms with Gasteiger partial charge < -0.3 is 9.64 Å². The van der Waals surface area contributed by atoms with Gasteiger partial charge in [-0.05, 0) is 65.1 Å². The summed E-state index contributed by atoms with van der Waals surface area (Å²) >= 11 is 3.28. The molecule has 9 nitrogen and oxygen atoms in total. The minimum absolute atomic E-state index is 0.187. The molecular weight excluding hydrogens is 713 g/mol. The number of thiophene rings is 1. The molecule has 0 atom stereocenters. The Morgan fingerprint density at radius 1 is 0.880 bits per heavy atom. The van der Waals surface area contributed by atoms with Gasteiger partial charge in [0.2, 0.25) is 11.4 Å². The minimum Gasteiger partial charge on any atom is -0.439 e. The second kappa shape index (κ2) is 13.9. The van der Waals surface area contributed by atoms with Gasteiger partial charge >= 0.3 is 0 Å². The van der Waals surface area contributed by atoms with Crippen molar-refractivity contribution in [1.29, 1.82) is 0 Å². The summed E-state index contributed by atoms with van der Waals surface area (Å²) < 4.78 is 76.2. The molecule has 4 aromatic carbocycles. The van der Waals surface area contributed by atoms with E-state index >= 15 is 0 Å². The molecule has 2 N–H and O–H groups in total. The van der Waals surface area contributed by atoms with E-state index in [4.69, 9.17) is 4.74 Å². The van der Waals surface area contributed by atoms with Crippen molar-refractivity contribution < 1.29 is 35.2 Å². The predicted octanol–water partition coefficient (Wildman–Crippen LogP) is 8.31. The van der Waals surface area contributed by atoms with Crippen molar-refractivity contribution in [2.24, 2.45) is 0 Å². The van der Waals surface area contributed by atoms with Crippen LogP contribution in [0.1, 0.15) is 31.2 Å². The second-order valence-electron chi connectivity index (χ2n) is 12.1. The highest BCUT2D eigenvalue weighted by Gasteiger charge is 2.28. The molecule has 3 heterocycles. The molecule has 6 aromatic rings. The van der Waals surface area contributed by atoms with Gasteiger partial charge in [-0.3, -0.25) is 9.11 Å². The molecule has 0 unspecified atom stereocenters. The average Bonchev–Trinajstić information content (AvgIpc) is 3.76. The van der Waals surface area contributed by atoms with Gasteiger partial charge in [0, 0.05) is 40.8 Å². The number of rotatable bonds is 12. The molecule has 2 aromatic heterocycles. The van der Waals surface area contributed by atoms with Crippen LogP contribution in [0.5, 0.6) is 5.75 Å². The van der Waals surface area contributed by atoms with Crippen molar-refractivity contribution in [3.05, 3.63) is 107 Å². The van der Waals surface area contributed by atoms with Gasteiger partial charge in [-0.1, -0.05) is 66.8 Å². The number of fused-ring (bicyclic) bond motifs is 5. The van der Waals surface area contributed by atoms with Crippen molar-refractivity contribution in [1.82, 2.24) is 0 Å². The molecule has 1 aliphatic heterocycles. The van der Waals surface area contributed by atoms with E-state index in [1.165, 1.54) is 4.70 Å². The molecule has 258 valence electrons. The summed E-state index contributed by atoms with van der Waals surface area (Å²) in [5.74, 6) is 0.469. The number of allylic oxidation sites excluding steroid dienone is 2. The lowest BCUT2D eigenvalue weighted by Gasteiger charge is -2.19. The molecule has 0 spiro atoms. The fraction of sp³-hybridized carbons (Fsp3) is 0.216. The Labute approximate surface area is 298 Å². The summed E-state index contributed by atoms with van der Waals surface area (Å²) in [6.45, 7) is 2.73. The Bertz CT molecular complexity index is 2530. The van der Waals surface area contributed by atoms with Crippen molar-refractivity contribution in [3.8, 4) is 16.9 Å². The molecule has 1 aliphatic rings. The number of aromatic nitrogens is 1. The van der Waals surface area contributed by atoms with Gasteiger partial charge in [0.15, 0.2) is 12.3 Å². The summed E-state index contributed by atoms with van der Waals surface area (Å²) in [4.78, 5) is 1.96. The zero-order valence-electron chi connectivity index (χ0n) is 27.2. The first-order valence-electron chi connectivity index (χ1n) is 16.2. The SMILES string of the molecule is CCC(=Cc1sc2ccc3ccccc3c2[n+]1CCCS(=O)(=O)O)C=C1Oc2ccc(-c3csc4ccccc34)cc2N1CCCS(=O)(=O)O. The van der Waals surface area contributed by atoms with E-state index in [1.807, 2.05) is 60.4 Å². The summed E-state index contributed by atoms with van der Waals surface area (Å²) in [5.41, 5.74) is 4.87. The highest BCUT2D eigenvalue weighted by molar-refractivity contribution is 7.86. The second-order valence-corrected chi connectivity index (χ2v) is 17.3. The van der Waals surface area contributed by atoms with Crippen molar-refractivity contribution in [2.75, 3.05) is 23.0 Å². The topological polar surface area (TPSA) is 125 Å². The quantitative estimate of drug-likeness (QED) is 0.0947. The van der Waals surface area contributed by atoms with Crippen LogP contribution >= 0.6 is 22.7 Å². The number of hydrogen-bond acceptors (Lipinski definition) is 8. The number of nitrogens with zero attached hydrogens (tertiary/aromatic N) is 2. The van der Waals surface area contributed by atoms with Gasteiger partial charge in [0.1, 0.15) is 4.70 Å². The van der Waals surface area contributed by atoms with E-state index in [0.29, 0.717) is 31.1 Å². The van der Waals surface area contributed by atoms with Crippen molar-refractivity contribution in [3.63, 3.8) is 0 Å². The zero-order chi connectivity index (χ0) is 35.0. The van der Waals surface area contributed by atoms with Gasteiger partial charge in [0.25, 0.3) is 25.2 Å². The maximum Gasteiger partial charge on any atom is 0.265 e. The summed E-state index contributed by atoms with van der Waals surface area (Å²) in [7, 11) is -8.27. The average molecular weight is 748 g/mol. The number of aryl methyl sites for hydroxylation is 1. The molecule has 0 aliphatic carbocycles. The first-order chi connectivity index (χ1) is 24.0. The van der Waals surface area contributed by atoms with E-state index in [2.05, 4.69) is 52.4 Å². The molecule has 0 radical (unpaired) electrons. The van der Waals surface area contributed by atoms with E-state index in [0.717, 1.165) is 53.8 Å². The lowest BCUT2D eigenvalue weighted by atomic mass is 10.0. The zero-order valence-corrected chi connectivity index (χ0v) is 30.4. The van der Waals surface area contributed by atoms with Crippen molar-refractivity contribution >= 4 is 85.7 Å². The Morgan fingerprint density at radius 2 is 1.62 bits per heavy atom. The van der Waals surface area contributed by atoms with Crippen LogP contribution in [0, 0.1) is 0 Å². The van der Waals surface area contributed by atoms with Gasteiger partial charge in [-0.15, -0.1) is 11.3 Å². The maximum atomic E-state index is 11.6. The number of ether oxygens (including phenoxy) is 1. The first kappa shape index (κ1) is 34.3. The van der Waals surface area contributed by atoms with Gasteiger partial charge in [0.05, 0.1) is 22.6 Å². The van der Waals surface area contributed by atoms with Crippen LogP contribution in [0.4, 0.5) is 5.69 Å². The van der Waals surface area contributed by atoms with Crippen molar-refractivity contribution in [2.45, 2.75) is 32.7 Å². The predicted molar refractivity (Wildman–Crippen MR) is 203 cm³/mol. The van der Waals surface area contributed by atoms with E-state index in [1.54, 1.807) is 22.7 Å². The summed E-state index contributed by atoms with van der Waals surface area (Å²) in [6.07, 6.45) is 5.11. The lowest BCUT2D eigenvalue weighted by Crippen LogP contribution is -2.36. The smallest absolute Gasteiger partial charge is 0.265 e. The fourth-order valence-corrected chi connectivity index (χ4v) is 9.52. The van der Waals surface area contributed by atoms with E-state index in [-0.39, 0.29) is 24.3 Å². The standard InChI is InChI=1S/C37H34N2O7S4/c1-2-25(22-36-39(18-8-20-50(43,44)45)37-28-10-4-3-9-26(28)14-16-34(37)48-36)21-35-38(17-7-19-49(40,41)42)31-23-27(13-15-32(31)46-35)30-24-47-33-12-6-5-11-29(30)33/h3-6,9-16,21-24H,2,7-8,17-20H2,1H3,(H-,40,41,42,43,44,45)/p+1. The first-order valence-corrected chi connectivity index (χ1v) is 21.1. The molecule has 0 amide bonds. The number of thiazole rings is 1. The molecule has 0 saturated heterocycles. The third kappa shape index (κ3) is 7.34. The van der Waals surface area contributed by atoms with Gasteiger partial charge in [-0.25, -0.2) is 0 Å². The van der Waals surface area contributed by atoms with E-state index in [9.17, 15) is 25.9 Å². The van der Waals surface area contributed by atoms with E-state index < -0.39 is 20.2 Å². The van der Waals surface area contributed by atoms with Crippen LogP contribution in [0.25, 0.3) is 48.3 Å². The van der Waals surface area contributed by atoms with Gasteiger partial charge in [-0.2, -0.15) is 21.4 Å². The van der Waals surface area contributed by atoms with Crippen LogP contribution in [0.2, 0.25) is 0 Å². The molecule has 7 rings (SSSR count). The Hall–Kier alpha value is -4.11. The fourth-order valence-electron chi connectivity index (χ4n) is 6.38. The van der Waals surface area contributed by atoms with Crippen LogP contribution in [0.3, 0.4) is 0 Å². The lowest BCUT2D eigenvalue weighted by molar-refractivity contribution is -0.667. The molecule has 0 bridgehead atoms. The Kier molecular flexibility index (Phi) is 9.54. The number of anilines is 1. The molecular formula is C37H35N2O7S4+. The number of hydrogen-bond donors (Lipinski definition) is 2. The van der Waals surface area contributed by atoms with Crippen LogP contribution in [0.15, 0.2) is 102 Å². The highest BCUT2D eigenvalue weighted by atomic mass is 32.2. The monoisotopic (exact) mass is 747 g/mol. The Balaban J connectivity index is 1.29. The maximum absolute atomic E-state index is 11.6. The minimum atomic E-state index is -4.15. The highest BCUT2D eigenvalue weighted by Crippen LogP contribution is 2.44. The largest absolute Gasteiger partial charge is 0.439 e. The summed E-state index contributed by atoms with van der Waals surface area (Å²) in [6, 6.07) is 26.5. The van der Waals surface area contributed by atoms with Crippen LogP contribution in [-0.2, 0) is 26.8 Å². The van der Waals surface area contributed by atoms with Crippen LogP contribution in [-0.4, -0.2) is 44.0 Å².